The predicted octanol–water partition coefficient (Wildman–Crippen LogP) is 2.58. The molecule has 0 aliphatic rings. The van der Waals surface area contributed by atoms with Crippen molar-refractivity contribution in [2.45, 2.75) is 19.8 Å². The lowest BCUT2D eigenvalue weighted by Crippen LogP contribution is -2.00. The largest absolute Gasteiger partial charge is 0.483 e. The topological polar surface area (TPSA) is 26.3 Å². The zero-order valence-electron chi connectivity index (χ0n) is 7.38. The number of carbonyl (C=O) groups excluding carboxylic acids is 1. The van der Waals surface area contributed by atoms with E-state index >= 15 is 0 Å². The molecule has 0 amide bonds. The third-order valence-corrected chi connectivity index (χ3v) is 2.67. The van der Waals surface area contributed by atoms with Crippen molar-refractivity contribution in [2.75, 3.05) is 6.61 Å². The summed E-state index contributed by atoms with van der Waals surface area (Å²) in [6.45, 7) is 2.18. The number of hydrogen-bond acceptors (Lipinski definition) is 3. The van der Waals surface area contributed by atoms with Gasteiger partial charge < -0.3 is 4.74 Å². The highest BCUT2D eigenvalue weighted by Crippen LogP contribution is 2.24. The van der Waals surface area contributed by atoms with Crippen molar-refractivity contribution in [3.8, 4) is 5.06 Å². The van der Waals surface area contributed by atoms with Crippen LogP contribution in [0.1, 0.15) is 18.2 Å². The van der Waals surface area contributed by atoms with Gasteiger partial charge in [0.25, 0.3) is 0 Å². The molecule has 4 heteroatoms. The van der Waals surface area contributed by atoms with Gasteiger partial charge in [0.05, 0.1) is 13.0 Å². The van der Waals surface area contributed by atoms with Gasteiger partial charge in [0.1, 0.15) is 0 Å². The highest BCUT2D eigenvalue weighted by molar-refractivity contribution is 7.13. The van der Waals surface area contributed by atoms with E-state index in [0.717, 1.165) is 11.5 Å². The lowest BCUT2D eigenvalue weighted by molar-refractivity contribution is -0.129. The Bertz CT molecular complexity index is 283. The van der Waals surface area contributed by atoms with Crippen molar-refractivity contribution in [1.29, 1.82) is 0 Å². The summed E-state index contributed by atoms with van der Waals surface area (Å²) in [6, 6.07) is 2.48. The van der Waals surface area contributed by atoms with Crippen LogP contribution < -0.4 is 4.74 Å². The van der Waals surface area contributed by atoms with Gasteiger partial charge in [-0.2, -0.15) is 4.39 Å². The second kappa shape index (κ2) is 4.97. The fraction of sp³-hybridized carbons (Fsp3) is 0.444. The molecule has 0 bridgehead atoms. The van der Waals surface area contributed by atoms with E-state index < -0.39 is 6.04 Å². The van der Waals surface area contributed by atoms with Crippen LogP contribution in [-0.2, 0) is 11.2 Å². The summed E-state index contributed by atoms with van der Waals surface area (Å²) >= 11 is 1.53. The Labute approximate surface area is 80.3 Å². The highest BCUT2D eigenvalue weighted by atomic mass is 32.1. The van der Waals surface area contributed by atoms with Crippen LogP contribution in [0.2, 0.25) is 0 Å². The Morgan fingerprint density at radius 3 is 2.92 bits per heavy atom. The van der Waals surface area contributed by atoms with Crippen molar-refractivity contribution >= 4 is 17.4 Å². The average molecular weight is 202 g/mol. The normalized spacial score (nSPS) is 10.0. The minimum Gasteiger partial charge on any atom is -0.483 e. The first-order valence-electron chi connectivity index (χ1n) is 4.12. The van der Waals surface area contributed by atoms with Crippen LogP contribution in [0.3, 0.4) is 0 Å². The average Bonchev–Trinajstić information content (AvgIpc) is 2.52. The molecule has 0 aliphatic heterocycles. The standard InChI is InChI=1S/C9H11FO2S/c1-2-7-3-4-9(13-7)12-6-5-8(10)11/h3-4H,2,5-6H2,1H3. The second-order valence-electron chi connectivity index (χ2n) is 2.53. The summed E-state index contributed by atoms with van der Waals surface area (Å²) in [4.78, 5) is 11.2. The minimum absolute atomic E-state index is 0.124. The molecular weight excluding hydrogens is 191 g/mol. The van der Waals surface area contributed by atoms with Crippen LogP contribution in [-0.4, -0.2) is 12.6 Å². The van der Waals surface area contributed by atoms with Crippen LogP contribution in [0.15, 0.2) is 12.1 Å². The Morgan fingerprint density at radius 1 is 1.62 bits per heavy atom. The molecule has 72 valence electrons. The molecule has 0 aromatic carbocycles. The van der Waals surface area contributed by atoms with Crippen molar-refractivity contribution in [2.24, 2.45) is 0 Å². The Kier molecular flexibility index (Phi) is 3.89. The molecule has 0 aliphatic carbocycles. The maximum atomic E-state index is 11.8. The molecule has 1 rings (SSSR count). The van der Waals surface area contributed by atoms with Gasteiger partial charge >= 0.3 is 6.04 Å². The monoisotopic (exact) mass is 202 g/mol. The number of thiophene rings is 1. The van der Waals surface area contributed by atoms with Gasteiger partial charge in [-0.1, -0.05) is 6.92 Å². The molecular formula is C9H11FO2S. The smallest absolute Gasteiger partial charge is 0.304 e. The van der Waals surface area contributed by atoms with E-state index in [2.05, 4.69) is 6.92 Å². The van der Waals surface area contributed by atoms with Crippen LogP contribution in [0.4, 0.5) is 4.39 Å². The zero-order valence-corrected chi connectivity index (χ0v) is 8.20. The third kappa shape index (κ3) is 3.55. The summed E-state index contributed by atoms with van der Waals surface area (Å²) in [5.74, 6) is 0. The first-order valence-corrected chi connectivity index (χ1v) is 4.94. The number of rotatable bonds is 5. The summed E-state index contributed by atoms with van der Waals surface area (Å²) in [5, 5.41) is 0.748. The molecule has 0 spiro atoms. The number of halogens is 1. The lowest BCUT2D eigenvalue weighted by atomic mass is 10.4. The summed E-state index contributed by atoms with van der Waals surface area (Å²) in [6.07, 6.45) is 0.801. The first kappa shape index (κ1) is 10.2. The van der Waals surface area contributed by atoms with E-state index in [4.69, 9.17) is 4.74 Å². The van der Waals surface area contributed by atoms with Gasteiger partial charge in [-0.25, -0.2) is 0 Å². The Morgan fingerprint density at radius 2 is 2.38 bits per heavy atom. The molecule has 1 aromatic heterocycles. The molecule has 13 heavy (non-hydrogen) atoms. The van der Waals surface area contributed by atoms with Crippen LogP contribution in [0, 0.1) is 0 Å². The van der Waals surface area contributed by atoms with E-state index in [1.807, 2.05) is 12.1 Å². The van der Waals surface area contributed by atoms with Crippen molar-refractivity contribution in [3.63, 3.8) is 0 Å². The van der Waals surface area contributed by atoms with Crippen LogP contribution >= 0.6 is 11.3 Å². The molecule has 0 N–H and O–H groups in total. The third-order valence-electron chi connectivity index (χ3n) is 1.53. The van der Waals surface area contributed by atoms with Gasteiger partial charge in [0, 0.05) is 4.88 Å². The van der Waals surface area contributed by atoms with Crippen molar-refractivity contribution in [1.82, 2.24) is 0 Å². The van der Waals surface area contributed by atoms with E-state index in [0.29, 0.717) is 0 Å². The molecule has 0 atom stereocenters. The SMILES string of the molecule is CCc1ccc(OCCC(=O)F)s1. The fourth-order valence-corrected chi connectivity index (χ4v) is 1.67. The van der Waals surface area contributed by atoms with E-state index in [9.17, 15) is 9.18 Å². The van der Waals surface area contributed by atoms with E-state index in [-0.39, 0.29) is 13.0 Å². The van der Waals surface area contributed by atoms with Crippen LogP contribution in [0.5, 0.6) is 5.06 Å². The first-order chi connectivity index (χ1) is 6.22. The molecule has 0 unspecified atom stereocenters. The molecule has 0 saturated heterocycles. The van der Waals surface area contributed by atoms with E-state index in [1.54, 1.807) is 0 Å². The number of aryl methyl sites for hydroxylation is 1. The zero-order chi connectivity index (χ0) is 9.68. The Balaban J connectivity index is 2.32. The quantitative estimate of drug-likeness (QED) is 0.686. The van der Waals surface area contributed by atoms with Crippen LogP contribution in [0.25, 0.3) is 0 Å². The van der Waals surface area contributed by atoms with E-state index in [1.165, 1.54) is 16.2 Å². The lowest BCUT2D eigenvalue weighted by Gasteiger charge is -1.98. The molecule has 1 aromatic rings. The number of carbonyl (C=O) groups is 1. The predicted molar refractivity (Wildman–Crippen MR) is 49.9 cm³/mol. The molecule has 2 nitrogen and oxygen atoms in total. The second-order valence-corrected chi connectivity index (χ2v) is 3.66. The molecule has 0 saturated carbocycles. The molecule has 0 fully saturated rings. The number of hydrogen-bond donors (Lipinski definition) is 0. The van der Waals surface area contributed by atoms with Crippen molar-refractivity contribution in [3.05, 3.63) is 17.0 Å². The maximum Gasteiger partial charge on any atom is 0.304 e. The summed E-state index contributed by atoms with van der Waals surface area (Å²) in [5.41, 5.74) is 0. The maximum absolute atomic E-state index is 11.8. The molecule has 1 heterocycles. The minimum atomic E-state index is -1.33. The van der Waals surface area contributed by atoms with Gasteiger partial charge in [-0.3, -0.25) is 4.79 Å². The number of ether oxygens (including phenoxy) is 1. The van der Waals surface area contributed by atoms with Crippen molar-refractivity contribution < 1.29 is 13.9 Å². The summed E-state index contributed by atoms with van der Waals surface area (Å²) < 4.78 is 16.9. The molecule has 0 radical (unpaired) electrons. The summed E-state index contributed by atoms with van der Waals surface area (Å²) in [7, 11) is 0. The van der Waals surface area contributed by atoms with Gasteiger partial charge in [0.15, 0.2) is 5.06 Å². The fourth-order valence-electron chi connectivity index (χ4n) is 0.858. The highest BCUT2D eigenvalue weighted by Gasteiger charge is 2.01. The Hall–Kier alpha value is -0.900. The van der Waals surface area contributed by atoms with Gasteiger partial charge in [0.2, 0.25) is 0 Å². The van der Waals surface area contributed by atoms with Gasteiger partial charge in [-0.05, 0) is 18.6 Å². The van der Waals surface area contributed by atoms with Gasteiger partial charge in [-0.15, -0.1) is 11.3 Å².